The van der Waals surface area contributed by atoms with Crippen LogP contribution in [0.15, 0.2) is 36.5 Å². The van der Waals surface area contributed by atoms with Crippen LogP contribution in [0.25, 0.3) is 0 Å². The Morgan fingerprint density at radius 2 is 1.95 bits per heavy atom. The van der Waals surface area contributed by atoms with E-state index < -0.39 is 0 Å². The number of hydrogen-bond acceptors (Lipinski definition) is 4. The van der Waals surface area contributed by atoms with E-state index in [4.69, 9.17) is 0 Å². The SMILES string of the molecule is Cc1cccc(NC(=O)c2ccnc(NC(C)(C)C)n2)c1. The molecule has 2 aromatic rings. The summed E-state index contributed by atoms with van der Waals surface area (Å²) >= 11 is 0. The van der Waals surface area contributed by atoms with Crippen molar-refractivity contribution in [1.29, 1.82) is 0 Å². The first-order valence-corrected chi connectivity index (χ1v) is 6.83. The molecule has 0 radical (unpaired) electrons. The van der Waals surface area contributed by atoms with E-state index in [9.17, 15) is 4.79 Å². The number of benzene rings is 1. The third kappa shape index (κ3) is 4.56. The predicted octanol–water partition coefficient (Wildman–Crippen LogP) is 3.25. The van der Waals surface area contributed by atoms with Crippen LogP contribution in [0.3, 0.4) is 0 Å². The number of anilines is 2. The number of carbonyl (C=O) groups is 1. The van der Waals surface area contributed by atoms with Crippen LogP contribution in [-0.2, 0) is 0 Å². The highest BCUT2D eigenvalue weighted by Gasteiger charge is 2.14. The van der Waals surface area contributed by atoms with Crippen LogP contribution >= 0.6 is 0 Å². The van der Waals surface area contributed by atoms with Crippen LogP contribution in [-0.4, -0.2) is 21.4 Å². The van der Waals surface area contributed by atoms with Gasteiger partial charge in [-0.05, 0) is 51.5 Å². The summed E-state index contributed by atoms with van der Waals surface area (Å²) < 4.78 is 0. The first kappa shape index (κ1) is 15.0. The highest BCUT2D eigenvalue weighted by atomic mass is 16.1. The zero-order valence-corrected chi connectivity index (χ0v) is 12.8. The lowest BCUT2D eigenvalue weighted by Crippen LogP contribution is -2.28. The molecule has 0 spiro atoms. The zero-order chi connectivity index (χ0) is 15.5. The van der Waals surface area contributed by atoms with Crippen molar-refractivity contribution in [2.75, 3.05) is 10.6 Å². The smallest absolute Gasteiger partial charge is 0.274 e. The van der Waals surface area contributed by atoms with E-state index in [0.717, 1.165) is 11.3 Å². The third-order valence-corrected chi connectivity index (χ3v) is 2.65. The average molecular weight is 284 g/mol. The number of aryl methyl sites for hydroxylation is 1. The lowest BCUT2D eigenvalue weighted by molar-refractivity contribution is 0.102. The Morgan fingerprint density at radius 1 is 1.19 bits per heavy atom. The summed E-state index contributed by atoms with van der Waals surface area (Å²) in [5, 5.41) is 5.98. The molecule has 110 valence electrons. The minimum Gasteiger partial charge on any atom is -0.350 e. The Morgan fingerprint density at radius 3 is 2.62 bits per heavy atom. The Balaban J connectivity index is 2.14. The molecular weight excluding hydrogens is 264 g/mol. The number of nitrogens with one attached hydrogen (secondary N) is 2. The highest BCUT2D eigenvalue weighted by molar-refractivity contribution is 6.03. The fraction of sp³-hybridized carbons (Fsp3) is 0.312. The van der Waals surface area contributed by atoms with E-state index in [1.165, 1.54) is 0 Å². The Hall–Kier alpha value is -2.43. The topological polar surface area (TPSA) is 66.9 Å². The lowest BCUT2D eigenvalue weighted by Gasteiger charge is -2.20. The van der Waals surface area contributed by atoms with Gasteiger partial charge in [0.25, 0.3) is 5.91 Å². The molecule has 0 unspecified atom stereocenters. The van der Waals surface area contributed by atoms with Crippen molar-refractivity contribution in [2.45, 2.75) is 33.2 Å². The molecule has 0 fully saturated rings. The zero-order valence-electron chi connectivity index (χ0n) is 12.8. The molecule has 0 atom stereocenters. The van der Waals surface area contributed by atoms with E-state index in [-0.39, 0.29) is 11.4 Å². The van der Waals surface area contributed by atoms with Gasteiger partial charge in [-0.15, -0.1) is 0 Å². The monoisotopic (exact) mass is 284 g/mol. The number of rotatable bonds is 3. The Bertz CT molecular complexity index is 647. The minimum atomic E-state index is -0.250. The third-order valence-electron chi connectivity index (χ3n) is 2.65. The molecule has 21 heavy (non-hydrogen) atoms. The molecule has 1 aromatic heterocycles. The summed E-state index contributed by atoms with van der Waals surface area (Å²) in [6, 6.07) is 9.23. The van der Waals surface area contributed by atoms with Crippen LogP contribution in [0.5, 0.6) is 0 Å². The largest absolute Gasteiger partial charge is 0.350 e. The van der Waals surface area contributed by atoms with Crippen molar-refractivity contribution < 1.29 is 4.79 Å². The molecule has 1 heterocycles. The maximum absolute atomic E-state index is 12.2. The van der Waals surface area contributed by atoms with Gasteiger partial charge in [0.1, 0.15) is 5.69 Å². The van der Waals surface area contributed by atoms with Crippen LogP contribution in [0, 0.1) is 6.92 Å². The minimum absolute atomic E-state index is 0.161. The van der Waals surface area contributed by atoms with E-state index in [1.807, 2.05) is 52.0 Å². The summed E-state index contributed by atoms with van der Waals surface area (Å²) in [6.07, 6.45) is 1.58. The number of carbonyl (C=O) groups excluding carboxylic acids is 1. The van der Waals surface area contributed by atoms with Crippen molar-refractivity contribution in [3.05, 3.63) is 47.8 Å². The molecule has 2 rings (SSSR count). The summed E-state index contributed by atoms with van der Waals surface area (Å²) in [4.78, 5) is 20.6. The van der Waals surface area contributed by atoms with Gasteiger partial charge in [0.2, 0.25) is 5.95 Å². The lowest BCUT2D eigenvalue weighted by atomic mass is 10.1. The fourth-order valence-corrected chi connectivity index (χ4v) is 1.80. The maximum atomic E-state index is 12.2. The number of nitrogens with zero attached hydrogens (tertiary/aromatic N) is 2. The molecule has 0 saturated carbocycles. The highest BCUT2D eigenvalue weighted by Crippen LogP contribution is 2.13. The first-order valence-electron chi connectivity index (χ1n) is 6.83. The van der Waals surface area contributed by atoms with Crippen molar-refractivity contribution in [1.82, 2.24) is 9.97 Å². The van der Waals surface area contributed by atoms with E-state index >= 15 is 0 Å². The fourth-order valence-electron chi connectivity index (χ4n) is 1.80. The summed E-state index contributed by atoms with van der Waals surface area (Å²) in [5.74, 6) is 0.194. The van der Waals surface area contributed by atoms with Crippen LogP contribution < -0.4 is 10.6 Å². The maximum Gasteiger partial charge on any atom is 0.274 e. The number of hydrogen-bond donors (Lipinski definition) is 2. The van der Waals surface area contributed by atoms with E-state index in [0.29, 0.717) is 11.6 Å². The quantitative estimate of drug-likeness (QED) is 0.908. The van der Waals surface area contributed by atoms with Gasteiger partial charge in [-0.2, -0.15) is 0 Å². The van der Waals surface area contributed by atoms with Gasteiger partial charge < -0.3 is 10.6 Å². The molecule has 0 bridgehead atoms. The second-order valence-corrected chi connectivity index (χ2v) is 5.96. The summed E-state index contributed by atoms with van der Waals surface area (Å²) in [5.41, 5.74) is 2.01. The predicted molar refractivity (Wildman–Crippen MR) is 84.5 cm³/mol. The molecule has 0 aliphatic heterocycles. The molecule has 0 aliphatic carbocycles. The second kappa shape index (κ2) is 5.91. The number of amides is 1. The van der Waals surface area contributed by atoms with Crippen LogP contribution in [0.1, 0.15) is 36.8 Å². The van der Waals surface area contributed by atoms with Gasteiger partial charge in [-0.25, -0.2) is 9.97 Å². The van der Waals surface area contributed by atoms with Gasteiger partial charge in [0.15, 0.2) is 0 Å². The van der Waals surface area contributed by atoms with Crippen LogP contribution in [0.4, 0.5) is 11.6 Å². The Labute approximate surface area is 124 Å². The van der Waals surface area contributed by atoms with E-state index in [1.54, 1.807) is 12.3 Å². The summed E-state index contributed by atoms with van der Waals surface area (Å²) in [6.45, 7) is 8.01. The molecule has 0 aliphatic rings. The normalized spacial score (nSPS) is 11.0. The standard InChI is InChI=1S/C16H20N4O/c1-11-6-5-7-12(10-11)18-14(21)13-8-9-17-15(19-13)20-16(2,3)4/h5-10H,1-4H3,(H,18,21)(H,17,19,20). The molecular formula is C16H20N4O. The molecule has 0 saturated heterocycles. The summed E-state index contributed by atoms with van der Waals surface area (Å²) in [7, 11) is 0. The van der Waals surface area contributed by atoms with Crippen LogP contribution in [0.2, 0.25) is 0 Å². The average Bonchev–Trinajstić information content (AvgIpc) is 2.37. The van der Waals surface area contributed by atoms with Gasteiger partial charge >= 0.3 is 0 Å². The molecule has 5 heteroatoms. The van der Waals surface area contributed by atoms with Crippen molar-refractivity contribution in [3.63, 3.8) is 0 Å². The van der Waals surface area contributed by atoms with Gasteiger partial charge in [0.05, 0.1) is 0 Å². The molecule has 2 N–H and O–H groups in total. The van der Waals surface area contributed by atoms with E-state index in [2.05, 4.69) is 20.6 Å². The van der Waals surface area contributed by atoms with Crippen molar-refractivity contribution >= 4 is 17.5 Å². The second-order valence-electron chi connectivity index (χ2n) is 5.96. The molecule has 5 nitrogen and oxygen atoms in total. The Kier molecular flexibility index (Phi) is 4.21. The molecule has 1 aromatic carbocycles. The first-order chi connectivity index (χ1) is 9.83. The van der Waals surface area contributed by atoms with Crippen molar-refractivity contribution in [2.24, 2.45) is 0 Å². The number of aromatic nitrogens is 2. The molecule has 1 amide bonds. The van der Waals surface area contributed by atoms with Gasteiger partial charge in [0, 0.05) is 17.4 Å². The van der Waals surface area contributed by atoms with Gasteiger partial charge in [-0.3, -0.25) is 4.79 Å². The van der Waals surface area contributed by atoms with Crippen molar-refractivity contribution in [3.8, 4) is 0 Å². The van der Waals surface area contributed by atoms with Gasteiger partial charge in [-0.1, -0.05) is 12.1 Å².